The number of benzene rings is 1. The largest absolute Gasteiger partial charge is 0.448 e. The van der Waals surface area contributed by atoms with E-state index in [0.29, 0.717) is 26.3 Å². The number of morpholine rings is 1. The Morgan fingerprint density at radius 2 is 1.80 bits per heavy atom. The van der Waals surface area contributed by atoms with Gasteiger partial charge in [0, 0.05) is 18.8 Å². The van der Waals surface area contributed by atoms with Gasteiger partial charge in [-0.25, -0.2) is 4.79 Å². The number of esters is 1. The quantitative estimate of drug-likeness (QED) is 0.608. The smallest absolute Gasteiger partial charge is 0.426 e. The van der Waals surface area contributed by atoms with Gasteiger partial charge in [0.05, 0.1) is 18.8 Å². The van der Waals surface area contributed by atoms with E-state index in [0.717, 1.165) is 5.69 Å². The number of alkyl halides is 3. The van der Waals surface area contributed by atoms with E-state index in [1.165, 1.54) is 12.1 Å². The van der Waals surface area contributed by atoms with Crippen LogP contribution < -0.4 is 4.90 Å². The van der Waals surface area contributed by atoms with E-state index in [4.69, 9.17) is 9.29 Å². The van der Waals surface area contributed by atoms with Crippen LogP contribution in [-0.4, -0.2) is 63.3 Å². The molecule has 1 aromatic carbocycles. The Morgan fingerprint density at radius 3 is 2.28 bits per heavy atom. The molecule has 140 valence electrons. The summed E-state index contributed by atoms with van der Waals surface area (Å²) < 4.78 is 77.6. The highest BCUT2D eigenvalue weighted by Gasteiger charge is 2.45. The maximum atomic E-state index is 12.8. The lowest BCUT2D eigenvalue weighted by Gasteiger charge is -2.28. The molecule has 11 heteroatoms. The zero-order chi connectivity index (χ0) is 18.7. The van der Waals surface area contributed by atoms with Gasteiger partial charge in [-0.2, -0.15) is 21.6 Å². The van der Waals surface area contributed by atoms with Gasteiger partial charge in [-0.05, 0) is 24.3 Å². The maximum Gasteiger partial charge on any atom is 0.426 e. The van der Waals surface area contributed by atoms with Crippen molar-refractivity contribution in [2.75, 3.05) is 37.0 Å². The molecule has 1 aliphatic rings. The Balaban J connectivity index is 2.08. The molecule has 0 aromatic heterocycles. The van der Waals surface area contributed by atoms with E-state index < -0.39 is 34.1 Å². The van der Waals surface area contributed by atoms with Crippen LogP contribution in [0.15, 0.2) is 24.3 Å². The van der Waals surface area contributed by atoms with Crippen LogP contribution in [0.5, 0.6) is 0 Å². The summed E-state index contributed by atoms with van der Waals surface area (Å²) in [7, 11) is -4.97. The molecular formula is C14H16F3NO6S. The lowest BCUT2D eigenvalue weighted by Crippen LogP contribution is -2.39. The van der Waals surface area contributed by atoms with E-state index in [9.17, 15) is 26.4 Å². The highest BCUT2D eigenvalue weighted by Crippen LogP contribution is 2.25. The molecule has 2 rings (SSSR count). The van der Waals surface area contributed by atoms with Gasteiger partial charge in [0.25, 0.3) is 10.1 Å². The number of hydrogen-bond donors (Lipinski definition) is 1. The third-order valence-corrected chi connectivity index (χ3v) is 4.18. The Hall–Kier alpha value is -1.85. The standard InChI is InChI=1S/C14H16F3NO6S/c15-14(16,17)12(9-25(20,21)22)24-13(19)10-1-3-11(4-2-10)18-5-7-23-8-6-18/h1-4,12H,5-9H2,(H,20,21,22). The summed E-state index contributed by atoms with van der Waals surface area (Å²) in [6, 6.07) is 5.67. The second-order valence-electron chi connectivity index (χ2n) is 5.33. The third kappa shape index (κ3) is 5.87. The number of ether oxygens (including phenoxy) is 2. The van der Waals surface area contributed by atoms with Crippen molar-refractivity contribution in [2.24, 2.45) is 0 Å². The van der Waals surface area contributed by atoms with Crippen LogP contribution in [0.1, 0.15) is 10.4 Å². The number of hydrogen-bond acceptors (Lipinski definition) is 6. The van der Waals surface area contributed by atoms with Gasteiger partial charge in [-0.1, -0.05) is 0 Å². The topological polar surface area (TPSA) is 93.1 Å². The number of rotatable bonds is 5. The van der Waals surface area contributed by atoms with Crippen LogP contribution in [0, 0.1) is 0 Å². The highest BCUT2D eigenvalue weighted by molar-refractivity contribution is 7.85. The van der Waals surface area contributed by atoms with Gasteiger partial charge in [-0.3, -0.25) is 4.55 Å². The fourth-order valence-corrected chi connectivity index (χ4v) is 2.85. The highest BCUT2D eigenvalue weighted by atomic mass is 32.2. The maximum absolute atomic E-state index is 12.8. The lowest BCUT2D eigenvalue weighted by atomic mass is 10.2. The Bertz CT molecular complexity index is 698. The molecule has 1 saturated heterocycles. The van der Waals surface area contributed by atoms with E-state index in [2.05, 4.69) is 4.74 Å². The molecule has 0 amide bonds. The molecule has 1 fully saturated rings. The van der Waals surface area contributed by atoms with Crippen molar-refractivity contribution in [2.45, 2.75) is 12.3 Å². The minimum absolute atomic E-state index is 0.165. The Labute approximate surface area is 142 Å². The second kappa shape index (κ2) is 7.58. The summed E-state index contributed by atoms with van der Waals surface area (Å²) in [5, 5.41) is 0. The molecule has 1 unspecified atom stereocenters. The fourth-order valence-electron chi connectivity index (χ4n) is 2.21. The van der Waals surface area contributed by atoms with E-state index >= 15 is 0 Å². The van der Waals surface area contributed by atoms with Crippen molar-refractivity contribution in [3.8, 4) is 0 Å². The minimum atomic E-state index is -5.13. The molecule has 1 aliphatic heterocycles. The van der Waals surface area contributed by atoms with Crippen molar-refractivity contribution >= 4 is 21.8 Å². The lowest BCUT2D eigenvalue weighted by molar-refractivity contribution is -0.197. The van der Waals surface area contributed by atoms with E-state index in [-0.39, 0.29) is 5.56 Å². The first-order valence-corrected chi connectivity index (χ1v) is 8.83. The molecular weight excluding hydrogens is 367 g/mol. The average molecular weight is 383 g/mol. The number of carbonyl (C=O) groups is 1. The molecule has 0 radical (unpaired) electrons. The summed E-state index contributed by atoms with van der Waals surface area (Å²) in [6.07, 6.45) is -8.08. The zero-order valence-electron chi connectivity index (χ0n) is 12.9. The molecule has 1 aromatic rings. The molecule has 1 N–H and O–H groups in total. The van der Waals surface area contributed by atoms with Crippen molar-refractivity contribution in [1.29, 1.82) is 0 Å². The van der Waals surface area contributed by atoms with Crippen LogP contribution in [0.2, 0.25) is 0 Å². The first-order valence-electron chi connectivity index (χ1n) is 7.22. The SMILES string of the molecule is O=C(OC(CS(=O)(=O)O)C(F)(F)F)c1ccc(N2CCOCC2)cc1. The van der Waals surface area contributed by atoms with Gasteiger partial charge < -0.3 is 14.4 Å². The molecule has 0 bridgehead atoms. The number of nitrogens with zero attached hydrogens (tertiary/aromatic N) is 1. The zero-order valence-corrected chi connectivity index (χ0v) is 13.7. The van der Waals surface area contributed by atoms with E-state index in [1.807, 2.05) is 4.90 Å². The number of halogens is 3. The predicted octanol–water partition coefficient (Wildman–Crippen LogP) is 1.50. The molecule has 0 spiro atoms. The molecule has 0 saturated carbocycles. The monoisotopic (exact) mass is 383 g/mol. The van der Waals surface area contributed by atoms with Crippen LogP contribution in [0.25, 0.3) is 0 Å². The third-order valence-electron chi connectivity index (χ3n) is 3.46. The first-order chi connectivity index (χ1) is 11.6. The van der Waals surface area contributed by atoms with Crippen LogP contribution in [-0.2, 0) is 19.6 Å². The van der Waals surface area contributed by atoms with E-state index in [1.54, 1.807) is 12.1 Å². The molecule has 7 nitrogen and oxygen atoms in total. The number of carbonyl (C=O) groups excluding carboxylic acids is 1. The number of anilines is 1. The predicted molar refractivity (Wildman–Crippen MR) is 81.1 cm³/mol. The summed E-state index contributed by atoms with van der Waals surface area (Å²) in [5.74, 6) is -3.09. The second-order valence-corrected chi connectivity index (χ2v) is 6.83. The molecule has 0 aliphatic carbocycles. The first kappa shape index (κ1) is 19.5. The Kier molecular flexibility index (Phi) is 5.91. The van der Waals surface area contributed by atoms with Gasteiger partial charge in [0.15, 0.2) is 0 Å². The molecule has 1 heterocycles. The van der Waals surface area contributed by atoms with Crippen molar-refractivity contribution in [3.05, 3.63) is 29.8 Å². The summed E-state index contributed by atoms with van der Waals surface area (Å²) in [5.41, 5.74) is 0.603. The van der Waals surface area contributed by atoms with Gasteiger partial charge >= 0.3 is 12.1 Å². The van der Waals surface area contributed by atoms with Crippen molar-refractivity contribution in [3.63, 3.8) is 0 Å². The average Bonchev–Trinajstić information content (AvgIpc) is 2.53. The Morgan fingerprint density at radius 1 is 1.24 bits per heavy atom. The van der Waals surface area contributed by atoms with Crippen molar-refractivity contribution in [1.82, 2.24) is 0 Å². The molecule has 25 heavy (non-hydrogen) atoms. The minimum Gasteiger partial charge on any atom is -0.448 e. The van der Waals surface area contributed by atoms with Gasteiger partial charge in [-0.15, -0.1) is 0 Å². The van der Waals surface area contributed by atoms with Crippen LogP contribution in [0.4, 0.5) is 18.9 Å². The van der Waals surface area contributed by atoms with Crippen LogP contribution >= 0.6 is 0 Å². The van der Waals surface area contributed by atoms with Crippen molar-refractivity contribution < 1.29 is 40.4 Å². The normalized spacial score (nSPS) is 17.2. The van der Waals surface area contributed by atoms with Gasteiger partial charge in [0.1, 0.15) is 5.75 Å². The summed E-state index contributed by atoms with van der Waals surface area (Å²) in [4.78, 5) is 13.8. The fraction of sp³-hybridized carbons (Fsp3) is 0.500. The van der Waals surface area contributed by atoms with Gasteiger partial charge in [0.2, 0.25) is 6.10 Å². The van der Waals surface area contributed by atoms with Crippen LogP contribution in [0.3, 0.4) is 0 Å². The summed E-state index contributed by atoms with van der Waals surface area (Å²) >= 11 is 0. The molecule has 1 atom stereocenters. The summed E-state index contributed by atoms with van der Waals surface area (Å²) in [6.45, 7) is 2.39.